The highest BCUT2D eigenvalue weighted by molar-refractivity contribution is 5.92. The van der Waals surface area contributed by atoms with Crippen molar-refractivity contribution in [2.45, 2.75) is 25.0 Å². The number of amides is 1. The Labute approximate surface area is 143 Å². The van der Waals surface area contributed by atoms with Crippen LogP contribution in [0.15, 0.2) is 40.1 Å². The minimum atomic E-state index is -0.564. The summed E-state index contributed by atoms with van der Waals surface area (Å²) in [6, 6.07) is 6.16. The first-order valence-corrected chi connectivity index (χ1v) is 8.05. The number of pyridine rings is 1. The van der Waals surface area contributed by atoms with Crippen molar-refractivity contribution in [3.05, 3.63) is 62.7 Å². The van der Waals surface area contributed by atoms with E-state index in [2.05, 4.69) is 10.3 Å². The van der Waals surface area contributed by atoms with E-state index in [1.807, 2.05) is 6.07 Å². The summed E-state index contributed by atoms with van der Waals surface area (Å²) >= 11 is 0. The van der Waals surface area contributed by atoms with Crippen LogP contribution < -0.4 is 16.6 Å². The Kier molecular flexibility index (Phi) is 4.54. The fourth-order valence-corrected chi connectivity index (χ4v) is 3.06. The van der Waals surface area contributed by atoms with E-state index >= 15 is 0 Å². The number of nitrogens with zero attached hydrogens (tertiary/aromatic N) is 3. The van der Waals surface area contributed by atoms with Crippen LogP contribution in [0.4, 0.5) is 0 Å². The summed E-state index contributed by atoms with van der Waals surface area (Å²) in [6.45, 7) is 0. The third kappa shape index (κ3) is 3.25. The van der Waals surface area contributed by atoms with Crippen molar-refractivity contribution in [3.63, 3.8) is 0 Å². The highest BCUT2D eigenvalue weighted by Crippen LogP contribution is 2.37. The van der Waals surface area contributed by atoms with Gasteiger partial charge in [0.25, 0.3) is 11.5 Å². The summed E-state index contributed by atoms with van der Waals surface area (Å²) in [5, 5.41) is 12.5. The zero-order valence-electron chi connectivity index (χ0n) is 14.0. The Morgan fingerprint density at radius 1 is 1.28 bits per heavy atom. The highest BCUT2D eigenvalue weighted by Gasteiger charge is 2.36. The third-order valence-electron chi connectivity index (χ3n) is 4.67. The van der Waals surface area contributed by atoms with E-state index in [1.54, 1.807) is 18.3 Å². The van der Waals surface area contributed by atoms with Crippen molar-refractivity contribution in [2.75, 3.05) is 0 Å². The lowest BCUT2D eigenvalue weighted by Crippen LogP contribution is -2.45. The second-order valence-electron chi connectivity index (χ2n) is 6.36. The minimum absolute atomic E-state index is 0.00565. The average Bonchev–Trinajstić information content (AvgIpc) is 2.59. The monoisotopic (exact) mass is 344 g/mol. The molecule has 8 nitrogen and oxygen atoms in total. The lowest BCUT2D eigenvalue weighted by atomic mass is 9.76. The van der Waals surface area contributed by atoms with Gasteiger partial charge in [-0.05, 0) is 30.9 Å². The molecule has 25 heavy (non-hydrogen) atoms. The third-order valence-corrected chi connectivity index (χ3v) is 4.67. The Morgan fingerprint density at radius 3 is 2.60 bits per heavy atom. The molecule has 8 heteroatoms. The maximum Gasteiger partial charge on any atom is 0.331 e. The van der Waals surface area contributed by atoms with E-state index in [1.165, 1.54) is 14.1 Å². The largest absolute Gasteiger partial charge is 0.393 e. The van der Waals surface area contributed by atoms with Crippen LogP contribution in [0.1, 0.15) is 35.1 Å². The molecule has 1 amide bonds. The lowest BCUT2D eigenvalue weighted by molar-refractivity contribution is 0.0227. The van der Waals surface area contributed by atoms with Gasteiger partial charge in [-0.3, -0.25) is 23.7 Å². The molecule has 0 aromatic carbocycles. The van der Waals surface area contributed by atoms with Crippen LogP contribution >= 0.6 is 0 Å². The zero-order chi connectivity index (χ0) is 18.1. The summed E-state index contributed by atoms with van der Waals surface area (Å²) in [5.74, 6) is -0.466. The number of hydrogen-bond acceptors (Lipinski definition) is 5. The van der Waals surface area contributed by atoms with Gasteiger partial charge < -0.3 is 10.4 Å². The van der Waals surface area contributed by atoms with E-state index in [0.717, 1.165) is 15.2 Å². The molecule has 0 bridgehead atoms. The molecule has 0 saturated heterocycles. The Balaban J connectivity index is 1.91. The minimum Gasteiger partial charge on any atom is -0.393 e. The molecule has 132 valence electrons. The molecule has 1 aliphatic carbocycles. The first-order valence-electron chi connectivity index (χ1n) is 8.05. The second-order valence-corrected chi connectivity index (χ2v) is 6.36. The SMILES string of the molecule is Cn1c(C(=O)N[C@@H](c2ccccn2)C2CC(O)C2)cc(=O)n(C)c1=O. The van der Waals surface area contributed by atoms with Gasteiger partial charge in [0.1, 0.15) is 5.69 Å². The summed E-state index contributed by atoms with van der Waals surface area (Å²) in [4.78, 5) is 40.8. The highest BCUT2D eigenvalue weighted by atomic mass is 16.3. The van der Waals surface area contributed by atoms with Crippen LogP contribution in [0.2, 0.25) is 0 Å². The van der Waals surface area contributed by atoms with Gasteiger partial charge >= 0.3 is 5.69 Å². The molecule has 2 heterocycles. The average molecular weight is 344 g/mol. The number of aliphatic hydroxyl groups is 1. The number of carbonyl (C=O) groups excluding carboxylic acids is 1. The maximum atomic E-state index is 12.7. The standard InChI is InChI=1S/C17H20N4O4/c1-20-13(9-14(23)21(2)17(20)25)16(24)19-15(10-7-11(22)8-10)12-5-3-4-6-18-12/h3-6,9-11,15,22H,7-8H2,1-2H3,(H,19,24)/t10?,11?,15-/m1/s1. The van der Waals surface area contributed by atoms with Gasteiger partial charge in [-0.2, -0.15) is 0 Å². The molecule has 2 aromatic rings. The van der Waals surface area contributed by atoms with Crippen molar-refractivity contribution in [2.24, 2.45) is 20.0 Å². The van der Waals surface area contributed by atoms with Crippen molar-refractivity contribution in [1.82, 2.24) is 19.4 Å². The fourth-order valence-electron chi connectivity index (χ4n) is 3.06. The van der Waals surface area contributed by atoms with E-state index in [-0.39, 0.29) is 17.7 Å². The van der Waals surface area contributed by atoms with Crippen LogP contribution in [-0.4, -0.2) is 31.2 Å². The Hall–Kier alpha value is -2.74. The maximum absolute atomic E-state index is 12.7. The van der Waals surface area contributed by atoms with Gasteiger partial charge in [0.05, 0.1) is 17.8 Å². The molecule has 2 aromatic heterocycles. The fraction of sp³-hybridized carbons (Fsp3) is 0.412. The molecule has 1 fully saturated rings. The normalized spacial score (nSPS) is 20.6. The van der Waals surface area contributed by atoms with Gasteiger partial charge in [0, 0.05) is 26.4 Å². The van der Waals surface area contributed by atoms with Crippen molar-refractivity contribution in [3.8, 4) is 0 Å². The van der Waals surface area contributed by atoms with Crippen LogP contribution in [0.3, 0.4) is 0 Å². The summed E-state index contributed by atoms with van der Waals surface area (Å²) in [7, 11) is 2.80. The zero-order valence-corrected chi connectivity index (χ0v) is 14.0. The predicted molar refractivity (Wildman–Crippen MR) is 90.1 cm³/mol. The summed E-state index contributed by atoms with van der Waals surface area (Å²) in [5.41, 5.74) is -0.428. The van der Waals surface area contributed by atoms with Crippen molar-refractivity contribution < 1.29 is 9.90 Å². The molecule has 1 aliphatic rings. The van der Waals surface area contributed by atoms with Gasteiger partial charge in [0.15, 0.2) is 0 Å². The summed E-state index contributed by atoms with van der Waals surface area (Å²) < 4.78 is 2.08. The number of carbonyl (C=O) groups is 1. The van der Waals surface area contributed by atoms with Crippen LogP contribution in [0.5, 0.6) is 0 Å². The quantitative estimate of drug-likeness (QED) is 0.793. The first kappa shape index (κ1) is 17.1. The van der Waals surface area contributed by atoms with Gasteiger partial charge in [0.2, 0.25) is 0 Å². The van der Waals surface area contributed by atoms with Crippen LogP contribution in [0.25, 0.3) is 0 Å². The summed E-state index contributed by atoms with van der Waals surface area (Å²) in [6.07, 6.45) is 2.40. The van der Waals surface area contributed by atoms with Crippen molar-refractivity contribution in [1.29, 1.82) is 0 Å². The van der Waals surface area contributed by atoms with Crippen LogP contribution in [-0.2, 0) is 14.1 Å². The molecule has 3 rings (SSSR count). The molecular weight excluding hydrogens is 324 g/mol. The first-order chi connectivity index (χ1) is 11.9. The molecule has 1 saturated carbocycles. The van der Waals surface area contributed by atoms with Gasteiger partial charge in [-0.15, -0.1) is 0 Å². The van der Waals surface area contributed by atoms with E-state index in [4.69, 9.17) is 0 Å². The Morgan fingerprint density at radius 2 is 2.00 bits per heavy atom. The molecule has 0 radical (unpaired) electrons. The lowest BCUT2D eigenvalue weighted by Gasteiger charge is -2.37. The van der Waals surface area contributed by atoms with E-state index in [9.17, 15) is 19.5 Å². The topological polar surface area (TPSA) is 106 Å². The number of aromatic nitrogens is 3. The number of aliphatic hydroxyl groups excluding tert-OH is 1. The second kappa shape index (κ2) is 6.64. The molecular formula is C17H20N4O4. The molecule has 0 spiro atoms. The van der Waals surface area contributed by atoms with E-state index < -0.39 is 23.2 Å². The number of rotatable bonds is 4. The molecule has 1 atom stereocenters. The number of nitrogens with one attached hydrogen (secondary N) is 1. The van der Waals surface area contributed by atoms with E-state index in [0.29, 0.717) is 18.5 Å². The van der Waals surface area contributed by atoms with Crippen LogP contribution in [0, 0.1) is 5.92 Å². The molecule has 2 N–H and O–H groups in total. The van der Waals surface area contributed by atoms with Crippen molar-refractivity contribution >= 4 is 5.91 Å². The smallest absolute Gasteiger partial charge is 0.331 e. The predicted octanol–water partition coefficient (Wildman–Crippen LogP) is -0.279. The van der Waals surface area contributed by atoms with Gasteiger partial charge in [-0.1, -0.05) is 6.07 Å². The number of hydrogen-bond donors (Lipinski definition) is 2. The van der Waals surface area contributed by atoms with Gasteiger partial charge in [-0.25, -0.2) is 4.79 Å². The molecule has 0 aliphatic heterocycles. The Bertz CT molecular complexity index is 897. The molecule has 0 unspecified atom stereocenters.